The molecule has 4 rings (SSSR count). The molecule has 0 atom stereocenters. The van der Waals surface area contributed by atoms with E-state index in [1.807, 2.05) is 48.5 Å². The fourth-order valence-corrected chi connectivity index (χ4v) is 3.10. The van der Waals surface area contributed by atoms with E-state index in [0.717, 1.165) is 28.1 Å². The highest BCUT2D eigenvalue weighted by atomic mass is 14.9. The van der Waals surface area contributed by atoms with Gasteiger partial charge in [-0.2, -0.15) is 0 Å². The molecule has 2 nitrogen and oxygen atoms in total. The number of benzene rings is 4. The lowest BCUT2D eigenvalue weighted by molar-refractivity contribution is 1.50. The Labute approximate surface area is 159 Å². The Morgan fingerprint density at radius 1 is 0.519 bits per heavy atom. The minimum atomic E-state index is 0.938. The first-order chi connectivity index (χ1) is 13.4. The molecule has 0 unspecified atom stereocenters. The van der Waals surface area contributed by atoms with Crippen LogP contribution in [0.25, 0.3) is 22.3 Å². The molecule has 0 aliphatic rings. The molecule has 0 aliphatic carbocycles. The molecule has 0 aromatic heterocycles. The van der Waals surface area contributed by atoms with Crippen LogP contribution in [-0.2, 0) is 0 Å². The van der Waals surface area contributed by atoms with E-state index in [4.69, 9.17) is 0 Å². The summed E-state index contributed by atoms with van der Waals surface area (Å²) in [7, 11) is 0. The molecular formula is C25H20N2. The second-order valence-corrected chi connectivity index (χ2v) is 6.20. The average molecular weight is 348 g/mol. The van der Waals surface area contributed by atoms with Crippen LogP contribution < -0.4 is 5.32 Å². The first-order valence-corrected chi connectivity index (χ1v) is 9.00. The van der Waals surface area contributed by atoms with Crippen molar-refractivity contribution in [3.05, 3.63) is 109 Å². The lowest BCUT2D eigenvalue weighted by Crippen LogP contribution is -1.96. The van der Waals surface area contributed by atoms with Gasteiger partial charge in [-0.3, -0.25) is 0 Å². The number of hydrogen-bond acceptors (Lipinski definition) is 1. The number of para-hydroxylation sites is 2. The van der Waals surface area contributed by atoms with Crippen LogP contribution in [0.15, 0.2) is 114 Å². The third-order valence-electron chi connectivity index (χ3n) is 4.42. The van der Waals surface area contributed by atoms with Crippen LogP contribution in [0.2, 0.25) is 0 Å². The quantitative estimate of drug-likeness (QED) is 0.311. The zero-order valence-electron chi connectivity index (χ0n) is 14.9. The van der Waals surface area contributed by atoms with E-state index in [-0.39, 0.29) is 0 Å². The second kappa shape index (κ2) is 8.15. The Hall–Kier alpha value is -3.65. The van der Waals surface area contributed by atoms with E-state index >= 15 is 0 Å². The van der Waals surface area contributed by atoms with Crippen molar-refractivity contribution < 1.29 is 0 Å². The van der Waals surface area contributed by atoms with Crippen LogP contribution in [0.3, 0.4) is 0 Å². The lowest BCUT2D eigenvalue weighted by Gasteiger charge is -2.09. The molecule has 0 heterocycles. The van der Waals surface area contributed by atoms with Crippen molar-refractivity contribution in [2.75, 3.05) is 5.32 Å². The zero-order valence-corrected chi connectivity index (χ0v) is 14.9. The van der Waals surface area contributed by atoms with Gasteiger partial charge in [-0.1, -0.05) is 97.1 Å². The number of anilines is 1. The zero-order chi connectivity index (χ0) is 18.3. The van der Waals surface area contributed by atoms with Crippen LogP contribution in [-0.4, -0.2) is 6.34 Å². The Balaban J connectivity index is 1.60. The van der Waals surface area contributed by atoms with E-state index < -0.39 is 0 Å². The monoisotopic (exact) mass is 348 g/mol. The van der Waals surface area contributed by atoms with Crippen molar-refractivity contribution in [3.63, 3.8) is 0 Å². The summed E-state index contributed by atoms with van der Waals surface area (Å²) in [6, 6.07) is 37.1. The number of nitrogens with one attached hydrogen (secondary N) is 1. The molecular weight excluding hydrogens is 328 g/mol. The van der Waals surface area contributed by atoms with Crippen LogP contribution >= 0.6 is 0 Å². The smallest absolute Gasteiger partial charge is 0.0930 e. The summed E-state index contributed by atoms with van der Waals surface area (Å²) in [6.07, 6.45) is 1.77. The molecule has 27 heavy (non-hydrogen) atoms. The van der Waals surface area contributed by atoms with Gasteiger partial charge in [0.2, 0.25) is 0 Å². The summed E-state index contributed by atoms with van der Waals surface area (Å²) in [6.45, 7) is 0. The second-order valence-electron chi connectivity index (χ2n) is 6.20. The molecule has 4 aromatic carbocycles. The van der Waals surface area contributed by atoms with E-state index in [1.54, 1.807) is 6.34 Å². The van der Waals surface area contributed by atoms with E-state index in [2.05, 4.69) is 71.0 Å². The standard InChI is InChI=1S/C25H20N2/c1-3-11-20(12-4-1)22-15-7-9-17-24(22)26-19-27-25-18-10-8-16-23(25)21-13-5-2-6-14-21/h1-19H,(H,26,27). The highest BCUT2D eigenvalue weighted by Crippen LogP contribution is 2.30. The Bertz CT molecular complexity index is 1040. The fourth-order valence-electron chi connectivity index (χ4n) is 3.10. The van der Waals surface area contributed by atoms with Gasteiger partial charge >= 0.3 is 0 Å². The SMILES string of the molecule is C(=Nc1ccccc1-c1ccccc1)Nc1ccccc1-c1ccccc1. The van der Waals surface area contributed by atoms with Crippen molar-refractivity contribution >= 4 is 17.7 Å². The van der Waals surface area contributed by atoms with Crippen LogP contribution in [0, 0.1) is 0 Å². The molecule has 0 saturated carbocycles. The molecule has 0 spiro atoms. The molecule has 0 saturated heterocycles. The van der Waals surface area contributed by atoms with Crippen LogP contribution in [0.4, 0.5) is 11.4 Å². The summed E-state index contributed by atoms with van der Waals surface area (Å²) in [5, 5.41) is 3.35. The number of hydrogen-bond donors (Lipinski definition) is 1. The summed E-state index contributed by atoms with van der Waals surface area (Å²) in [5.41, 5.74) is 6.58. The number of aliphatic imine (C=N–C) groups is 1. The maximum absolute atomic E-state index is 4.68. The topological polar surface area (TPSA) is 24.4 Å². The predicted molar refractivity (Wildman–Crippen MR) is 116 cm³/mol. The molecule has 0 fully saturated rings. The van der Waals surface area contributed by atoms with Gasteiger partial charge in [-0.15, -0.1) is 0 Å². The molecule has 1 N–H and O–H groups in total. The predicted octanol–water partition coefficient (Wildman–Crippen LogP) is 6.79. The molecule has 0 aliphatic heterocycles. The van der Waals surface area contributed by atoms with Gasteiger partial charge in [0.15, 0.2) is 0 Å². The first-order valence-electron chi connectivity index (χ1n) is 9.00. The molecule has 0 bridgehead atoms. The summed E-state index contributed by atoms with van der Waals surface area (Å²) < 4.78 is 0. The Morgan fingerprint density at radius 2 is 1.04 bits per heavy atom. The summed E-state index contributed by atoms with van der Waals surface area (Å²) in [4.78, 5) is 4.68. The normalized spacial score (nSPS) is 10.8. The minimum Gasteiger partial charge on any atom is -0.346 e. The Morgan fingerprint density at radius 3 is 1.74 bits per heavy atom. The average Bonchev–Trinajstić information content (AvgIpc) is 2.76. The Kier molecular flexibility index (Phi) is 5.07. The van der Waals surface area contributed by atoms with Crippen molar-refractivity contribution in [3.8, 4) is 22.3 Å². The largest absolute Gasteiger partial charge is 0.346 e. The third-order valence-corrected chi connectivity index (χ3v) is 4.42. The van der Waals surface area contributed by atoms with Gasteiger partial charge in [0, 0.05) is 16.8 Å². The van der Waals surface area contributed by atoms with Crippen molar-refractivity contribution in [1.29, 1.82) is 0 Å². The summed E-state index contributed by atoms with van der Waals surface area (Å²) >= 11 is 0. The van der Waals surface area contributed by atoms with Gasteiger partial charge < -0.3 is 5.32 Å². The molecule has 2 heteroatoms. The van der Waals surface area contributed by atoms with E-state index in [1.165, 1.54) is 5.56 Å². The van der Waals surface area contributed by atoms with Crippen LogP contribution in [0.1, 0.15) is 0 Å². The van der Waals surface area contributed by atoms with Crippen molar-refractivity contribution in [1.82, 2.24) is 0 Å². The van der Waals surface area contributed by atoms with Gasteiger partial charge in [-0.05, 0) is 23.3 Å². The highest BCUT2D eigenvalue weighted by molar-refractivity contribution is 5.89. The molecule has 0 radical (unpaired) electrons. The van der Waals surface area contributed by atoms with Crippen molar-refractivity contribution in [2.45, 2.75) is 0 Å². The summed E-state index contributed by atoms with van der Waals surface area (Å²) in [5.74, 6) is 0. The lowest BCUT2D eigenvalue weighted by atomic mass is 10.0. The van der Waals surface area contributed by atoms with E-state index in [0.29, 0.717) is 0 Å². The molecule has 4 aromatic rings. The maximum atomic E-state index is 4.68. The highest BCUT2D eigenvalue weighted by Gasteiger charge is 2.04. The number of rotatable bonds is 5. The van der Waals surface area contributed by atoms with E-state index in [9.17, 15) is 0 Å². The maximum Gasteiger partial charge on any atom is 0.0930 e. The minimum absolute atomic E-state index is 0.938. The third kappa shape index (κ3) is 3.96. The van der Waals surface area contributed by atoms with Gasteiger partial charge in [0.1, 0.15) is 0 Å². The molecule has 0 amide bonds. The van der Waals surface area contributed by atoms with Gasteiger partial charge in [0.05, 0.1) is 12.0 Å². The fraction of sp³-hybridized carbons (Fsp3) is 0. The van der Waals surface area contributed by atoms with Crippen molar-refractivity contribution in [2.24, 2.45) is 4.99 Å². The molecule has 130 valence electrons. The van der Waals surface area contributed by atoms with Gasteiger partial charge in [0.25, 0.3) is 0 Å². The van der Waals surface area contributed by atoms with Crippen LogP contribution in [0.5, 0.6) is 0 Å². The first kappa shape index (κ1) is 16.8. The van der Waals surface area contributed by atoms with Gasteiger partial charge in [-0.25, -0.2) is 4.99 Å². The number of nitrogens with zero attached hydrogens (tertiary/aromatic N) is 1.